The van der Waals surface area contributed by atoms with Crippen LogP contribution in [-0.2, 0) is 5.60 Å². The summed E-state index contributed by atoms with van der Waals surface area (Å²) in [6, 6.07) is 12.5. The average Bonchev–Trinajstić information content (AvgIpc) is 2.78. The van der Waals surface area contributed by atoms with E-state index in [4.69, 9.17) is 4.99 Å². The third-order valence-corrected chi connectivity index (χ3v) is 4.98. The number of amidine groups is 1. The number of rotatable bonds is 3. The third kappa shape index (κ3) is 3.09. The second-order valence-electron chi connectivity index (χ2n) is 7.80. The van der Waals surface area contributed by atoms with E-state index in [1.165, 1.54) is 11.1 Å². The van der Waals surface area contributed by atoms with Crippen LogP contribution in [0.5, 0.6) is 0 Å². The fourth-order valence-electron chi connectivity index (χ4n) is 3.44. The van der Waals surface area contributed by atoms with Gasteiger partial charge in [-0.1, -0.05) is 63.6 Å². The largest absolute Gasteiger partial charge is 0.377 e. The summed E-state index contributed by atoms with van der Waals surface area (Å²) in [5, 5.41) is 14.5. The third-order valence-electron chi connectivity index (χ3n) is 4.98. The molecule has 1 aliphatic rings. The summed E-state index contributed by atoms with van der Waals surface area (Å²) in [4.78, 5) is 4.95. The first kappa shape index (κ1) is 17.7. The molecule has 132 valence electrons. The van der Waals surface area contributed by atoms with E-state index < -0.39 is 5.60 Å². The zero-order chi connectivity index (χ0) is 18.4. The quantitative estimate of drug-likeness (QED) is 0.765. The fourth-order valence-corrected chi connectivity index (χ4v) is 3.44. The molecule has 0 fully saturated rings. The SMILES string of the molecule is Cc1ccc2c(c1)C(C)(O)C(=Nc1c(C(C)C)cccc1C(C)C)N2. The van der Waals surface area contributed by atoms with Crippen molar-refractivity contribution in [3.8, 4) is 0 Å². The topological polar surface area (TPSA) is 44.6 Å². The van der Waals surface area contributed by atoms with Crippen molar-refractivity contribution >= 4 is 17.2 Å². The molecule has 1 heterocycles. The van der Waals surface area contributed by atoms with Crippen LogP contribution in [0.25, 0.3) is 0 Å². The molecular formula is C22H28N2O. The van der Waals surface area contributed by atoms with Crippen LogP contribution in [0.4, 0.5) is 11.4 Å². The van der Waals surface area contributed by atoms with Crippen LogP contribution in [0, 0.1) is 6.92 Å². The van der Waals surface area contributed by atoms with Crippen LogP contribution in [0.2, 0.25) is 0 Å². The lowest BCUT2D eigenvalue weighted by Gasteiger charge is -2.21. The van der Waals surface area contributed by atoms with E-state index >= 15 is 0 Å². The number of aliphatic hydroxyl groups is 1. The highest BCUT2D eigenvalue weighted by Gasteiger charge is 2.39. The first-order valence-electron chi connectivity index (χ1n) is 9.04. The number of benzene rings is 2. The molecule has 25 heavy (non-hydrogen) atoms. The zero-order valence-corrected chi connectivity index (χ0v) is 16.0. The van der Waals surface area contributed by atoms with Gasteiger partial charge in [0.25, 0.3) is 0 Å². The van der Waals surface area contributed by atoms with E-state index in [0.717, 1.165) is 22.5 Å². The molecule has 3 heteroatoms. The van der Waals surface area contributed by atoms with Gasteiger partial charge in [-0.15, -0.1) is 0 Å². The van der Waals surface area contributed by atoms with Gasteiger partial charge < -0.3 is 10.4 Å². The summed E-state index contributed by atoms with van der Waals surface area (Å²) in [6.07, 6.45) is 0. The van der Waals surface area contributed by atoms with Crippen molar-refractivity contribution in [1.29, 1.82) is 0 Å². The Morgan fingerprint density at radius 1 is 1.00 bits per heavy atom. The van der Waals surface area contributed by atoms with E-state index in [0.29, 0.717) is 17.7 Å². The minimum absolute atomic E-state index is 0.369. The molecule has 0 spiro atoms. The molecule has 3 nitrogen and oxygen atoms in total. The average molecular weight is 336 g/mol. The number of hydrogen-bond donors (Lipinski definition) is 2. The summed E-state index contributed by atoms with van der Waals surface area (Å²) in [5.74, 6) is 1.34. The van der Waals surface area contributed by atoms with E-state index in [-0.39, 0.29) is 0 Å². The van der Waals surface area contributed by atoms with Crippen molar-refractivity contribution < 1.29 is 5.11 Å². The molecule has 1 unspecified atom stereocenters. The van der Waals surface area contributed by atoms with Crippen LogP contribution >= 0.6 is 0 Å². The molecule has 0 bridgehead atoms. The minimum Gasteiger partial charge on any atom is -0.377 e. The number of nitrogens with one attached hydrogen (secondary N) is 1. The molecule has 0 saturated carbocycles. The number of nitrogens with zero attached hydrogens (tertiary/aromatic N) is 1. The molecule has 0 radical (unpaired) electrons. The van der Waals surface area contributed by atoms with Crippen molar-refractivity contribution in [3.63, 3.8) is 0 Å². The van der Waals surface area contributed by atoms with Gasteiger partial charge in [0.15, 0.2) is 0 Å². The van der Waals surface area contributed by atoms with E-state index in [1.54, 1.807) is 0 Å². The Labute approximate surface area is 150 Å². The number of anilines is 1. The van der Waals surface area contributed by atoms with Gasteiger partial charge >= 0.3 is 0 Å². The first-order valence-corrected chi connectivity index (χ1v) is 9.04. The molecular weight excluding hydrogens is 308 g/mol. The van der Waals surface area contributed by atoms with Gasteiger partial charge in [-0.05, 0) is 42.9 Å². The fraction of sp³-hybridized carbons (Fsp3) is 0.409. The first-order chi connectivity index (χ1) is 11.7. The van der Waals surface area contributed by atoms with Crippen molar-refractivity contribution in [2.45, 2.75) is 59.0 Å². The Hall–Kier alpha value is -2.13. The highest BCUT2D eigenvalue weighted by atomic mass is 16.3. The second-order valence-corrected chi connectivity index (χ2v) is 7.80. The van der Waals surface area contributed by atoms with Gasteiger partial charge in [-0.25, -0.2) is 4.99 Å². The van der Waals surface area contributed by atoms with Crippen molar-refractivity contribution in [3.05, 3.63) is 58.7 Å². The normalized spacial score (nSPS) is 21.1. The van der Waals surface area contributed by atoms with Crippen LogP contribution in [0.3, 0.4) is 0 Å². The number of aryl methyl sites for hydroxylation is 1. The van der Waals surface area contributed by atoms with Crippen molar-refractivity contribution in [2.75, 3.05) is 5.32 Å². The predicted octanol–water partition coefficient (Wildman–Crippen LogP) is 5.61. The molecule has 0 aliphatic carbocycles. The maximum Gasteiger partial charge on any atom is 0.146 e. The summed E-state index contributed by atoms with van der Waals surface area (Å²) in [7, 11) is 0. The van der Waals surface area contributed by atoms with Crippen LogP contribution in [0.15, 0.2) is 41.4 Å². The summed E-state index contributed by atoms with van der Waals surface area (Å²) < 4.78 is 0. The number of hydrogen-bond acceptors (Lipinski definition) is 2. The molecule has 3 rings (SSSR count). The van der Waals surface area contributed by atoms with Gasteiger partial charge in [0.05, 0.1) is 5.69 Å². The number of aliphatic imine (C=N–C) groups is 1. The molecule has 1 aliphatic heterocycles. The molecule has 0 amide bonds. The Morgan fingerprint density at radius 2 is 1.60 bits per heavy atom. The molecule has 2 aromatic carbocycles. The van der Waals surface area contributed by atoms with Crippen LogP contribution in [-0.4, -0.2) is 10.9 Å². The monoisotopic (exact) mass is 336 g/mol. The van der Waals surface area contributed by atoms with Gasteiger partial charge in [-0.3, -0.25) is 0 Å². The lowest BCUT2D eigenvalue weighted by atomic mass is 9.92. The van der Waals surface area contributed by atoms with Gasteiger partial charge in [0.2, 0.25) is 0 Å². The van der Waals surface area contributed by atoms with Crippen molar-refractivity contribution in [1.82, 2.24) is 0 Å². The Balaban J connectivity index is 2.17. The van der Waals surface area contributed by atoms with Crippen LogP contribution in [0.1, 0.15) is 68.7 Å². The summed E-state index contributed by atoms with van der Waals surface area (Å²) >= 11 is 0. The molecule has 2 N–H and O–H groups in total. The minimum atomic E-state index is -1.11. The summed E-state index contributed by atoms with van der Waals surface area (Å²) in [6.45, 7) is 12.6. The highest BCUT2D eigenvalue weighted by Crippen LogP contribution is 2.40. The second kappa shape index (κ2) is 6.30. The predicted molar refractivity (Wildman–Crippen MR) is 106 cm³/mol. The lowest BCUT2D eigenvalue weighted by molar-refractivity contribution is 0.137. The number of fused-ring (bicyclic) bond motifs is 1. The molecule has 2 aromatic rings. The maximum absolute atomic E-state index is 11.2. The smallest absolute Gasteiger partial charge is 0.146 e. The Kier molecular flexibility index (Phi) is 4.46. The Morgan fingerprint density at radius 3 is 2.16 bits per heavy atom. The molecule has 1 atom stereocenters. The lowest BCUT2D eigenvalue weighted by Crippen LogP contribution is -2.30. The van der Waals surface area contributed by atoms with E-state index in [1.807, 2.05) is 32.0 Å². The summed E-state index contributed by atoms with van der Waals surface area (Å²) in [5.41, 5.74) is 5.25. The van der Waals surface area contributed by atoms with Crippen molar-refractivity contribution in [2.24, 2.45) is 4.99 Å². The highest BCUT2D eigenvalue weighted by molar-refractivity contribution is 6.09. The van der Waals surface area contributed by atoms with Crippen LogP contribution < -0.4 is 5.32 Å². The van der Waals surface area contributed by atoms with Gasteiger partial charge in [0.1, 0.15) is 11.4 Å². The molecule has 0 saturated heterocycles. The van der Waals surface area contributed by atoms with E-state index in [9.17, 15) is 5.11 Å². The van der Waals surface area contributed by atoms with Gasteiger partial charge in [-0.2, -0.15) is 0 Å². The molecule has 0 aromatic heterocycles. The number of para-hydroxylation sites is 1. The maximum atomic E-state index is 11.2. The standard InChI is InChI=1S/C22H28N2O/c1-13(2)16-8-7-9-17(14(3)4)20(16)24-21-22(6,25)18-12-15(5)10-11-19(18)23-21/h7-14,25H,1-6H3,(H,23,24). The van der Waals surface area contributed by atoms with Gasteiger partial charge in [0, 0.05) is 11.3 Å². The Bertz CT molecular complexity index is 806. The zero-order valence-electron chi connectivity index (χ0n) is 16.0. The van der Waals surface area contributed by atoms with E-state index in [2.05, 4.69) is 51.2 Å².